The maximum absolute atomic E-state index is 12.4. The number of aromatic nitrogens is 1. The fraction of sp³-hybridized carbons (Fsp3) is 0.389. The third-order valence-electron chi connectivity index (χ3n) is 4.43. The highest BCUT2D eigenvalue weighted by molar-refractivity contribution is 7.15. The number of fused-ring (bicyclic) bond motifs is 1. The summed E-state index contributed by atoms with van der Waals surface area (Å²) in [6.45, 7) is 1.75. The summed E-state index contributed by atoms with van der Waals surface area (Å²) in [5.74, 6) is 0.446. The van der Waals surface area contributed by atoms with Gasteiger partial charge in [-0.1, -0.05) is 11.3 Å². The first kappa shape index (κ1) is 17.0. The lowest BCUT2D eigenvalue weighted by atomic mass is 10.2. The molecule has 2 aliphatic rings. The van der Waals surface area contributed by atoms with Crippen LogP contribution in [0.15, 0.2) is 28.9 Å². The minimum atomic E-state index is -0.374. The molecule has 2 aromatic rings. The first-order valence-corrected chi connectivity index (χ1v) is 9.42. The van der Waals surface area contributed by atoms with Gasteiger partial charge >= 0.3 is 0 Å². The van der Waals surface area contributed by atoms with Gasteiger partial charge in [0.1, 0.15) is 11.9 Å². The monoisotopic (exact) mass is 373 g/mol. The van der Waals surface area contributed by atoms with E-state index in [1.54, 1.807) is 29.4 Å². The largest absolute Gasteiger partial charge is 0.465 e. The van der Waals surface area contributed by atoms with Gasteiger partial charge in [0.2, 0.25) is 5.91 Å². The Morgan fingerprint density at radius 3 is 3.12 bits per heavy atom. The zero-order valence-electron chi connectivity index (χ0n) is 14.1. The number of ether oxygens (including phenoxy) is 1. The van der Waals surface area contributed by atoms with Crippen molar-refractivity contribution in [1.29, 1.82) is 0 Å². The van der Waals surface area contributed by atoms with Crippen LogP contribution in [0.5, 0.6) is 0 Å². The van der Waals surface area contributed by atoms with Gasteiger partial charge in [-0.3, -0.25) is 14.9 Å². The van der Waals surface area contributed by atoms with E-state index in [4.69, 9.17) is 9.15 Å². The normalized spacial score (nSPS) is 19.7. The Balaban J connectivity index is 1.38. The highest BCUT2D eigenvalue weighted by atomic mass is 32.1. The SMILES string of the molecule is O=C(Nc1nc2c(s1)CN(C(=O)C=Cc1ccco1)CC2)C1CCCO1. The molecule has 1 atom stereocenters. The molecule has 1 N–H and O–H groups in total. The standard InChI is InChI=1S/C18H19N3O4S/c22-16(6-5-12-3-1-9-24-12)21-8-7-13-15(11-21)26-18(19-13)20-17(23)14-4-2-10-25-14/h1,3,5-6,9,14H,2,4,7-8,10-11H2,(H,19,20,23). The number of nitrogens with one attached hydrogen (secondary N) is 1. The van der Waals surface area contributed by atoms with E-state index in [1.807, 2.05) is 0 Å². The van der Waals surface area contributed by atoms with Crippen molar-refractivity contribution in [3.8, 4) is 0 Å². The topological polar surface area (TPSA) is 84.7 Å². The van der Waals surface area contributed by atoms with Crippen molar-refractivity contribution in [3.63, 3.8) is 0 Å². The highest BCUT2D eigenvalue weighted by Gasteiger charge is 2.27. The average molecular weight is 373 g/mol. The van der Waals surface area contributed by atoms with Gasteiger partial charge in [-0.05, 0) is 31.1 Å². The molecule has 0 bridgehead atoms. The van der Waals surface area contributed by atoms with Gasteiger partial charge in [-0.15, -0.1) is 0 Å². The van der Waals surface area contributed by atoms with E-state index in [2.05, 4.69) is 10.3 Å². The molecule has 26 heavy (non-hydrogen) atoms. The van der Waals surface area contributed by atoms with Crippen molar-refractivity contribution in [1.82, 2.24) is 9.88 Å². The summed E-state index contributed by atoms with van der Waals surface area (Å²) in [6, 6.07) is 3.57. The van der Waals surface area contributed by atoms with E-state index in [1.165, 1.54) is 17.4 Å². The Bertz CT molecular complexity index is 822. The second-order valence-corrected chi connectivity index (χ2v) is 7.32. The van der Waals surface area contributed by atoms with Crippen LogP contribution in [0, 0.1) is 0 Å². The van der Waals surface area contributed by atoms with Gasteiger partial charge in [0.15, 0.2) is 5.13 Å². The Morgan fingerprint density at radius 2 is 2.35 bits per heavy atom. The number of anilines is 1. The quantitative estimate of drug-likeness (QED) is 0.832. The van der Waals surface area contributed by atoms with Gasteiger partial charge in [0, 0.05) is 30.5 Å². The average Bonchev–Trinajstić information content (AvgIpc) is 3.39. The molecular weight excluding hydrogens is 354 g/mol. The summed E-state index contributed by atoms with van der Waals surface area (Å²) < 4.78 is 10.6. The van der Waals surface area contributed by atoms with Gasteiger partial charge in [0.05, 0.1) is 18.5 Å². The molecule has 8 heteroatoms. The Kier molecular flexibility index (Phi) is 4.85. The fourth-order valence-electron chi connectivity index (χ4n) is 3.05. The third kappa shape index (κ3) is 3.71. The molecule has 136 valence electrons. The molecule has 1 saturated heterocycles. The van der Waals surface area contributed by atoms with E-state index in [0.717, 1.165) is 23.4 Å². The van der Waals surface area contributed by atoms with Crippen LogP contribution in [-0.2, 0) is 27.3 Å². The van der Waals surface area contributed by atoms with Gasteiger partial charge in [-0.2, -0.15) is 0 Å². The van der Waals surface area contributed by atoms with E-state index in [0.29, 0.717) is 37.0 Å². The number of furan rings is 1. The van der Waals surface area contributed by atoms with Gasteiger partial charge in [0.25, 0.3) is 5.91 Å². The molecular formula is C18H19N3O4S. The van der Waals surface area contributed by atoms with E-state index in [9.17, 15) is 9.59 Å². The van der Waals surface area contributed by atoms with Crippen molar-refractivity contribution in [3.05, 3.63) is 40.8 Å². The summed E-state index contributed by atoms with van der Waals surface area (Å²) in [6.07, 6.45) is 6.72. The minimum absolute atomic E-state index is 0.0645. The van der Waals surface area contributed by atoms with E-state index >= 15 is 0 Å². The van der Waals surface area contributed by atoms with Crippen LogP contribution in [0.25, 0.3) is 6.08 Å². The van der Waals surface area contributed by atoms with Crippen molar-refractivity contribution in [2.45, 2.75) is 31.9 Å². The smallest absolute Gasteiger partial charge is 0.255 e. The molecule has 4 heterocycles. The molecule has 2 aromatic heterocycles. The zero-order valence-corrected chi connectivity index (χ0v) is 15.0. The van der Waals surface area contributed by atoms with Crippen LogP contribution >= 0.6 is 11.3 Å². The molecule has 0 radical (unpaired) electrons. The van der Waals surface area contributed by atoms with Crippen LogP contribution in [0.2, 0.25) is 0 Å². The summed E-state index contributed by atoms with van der Waals surface area (Å²) in [5.41, 5.74) is 0.955. The summed E-state index contributed by atoms with van der Waals surface area (Å²) >= 11 is 1.42. The fourth-order valence-corrected chi connectivity index (χ4v) is 4.08. The molecule has 0 aromatic carbocycles. The molecule has 4 rings (SSSR count). The summed E-state index contributed by atoms with van der Waals surface area (Å²) in [7, 11) is 0. The Hall–Kier alpha value is -2.45. The number of thiazole rings is 1. The molecule has 2 aliphatic heterocycles. The number of carbonyl (C=O) groups excluding carboxylic acids is 2. The van der Waals surface area contributed by atoms with Gasteiger partial charge in [-0.25, -0.2) is 4.98 Å². The summed E-state index contributed by atoms with van der Waals surface area (Å²) in [4.78, 5) is 31.8. The van der Waals surface area contributed by atoms with Crippen molar-refractivity contribution in [2.24, 2.45) is 0 Å². The second-order valence-electron chi connectivity index (χ2n) is 6.24. The first-order valence-electron chi connectivity index (χ1n) is 8.60. The lowest BCUT2D eigenvalue weighted by Crippen LogP contribution is -2.34. The zero-order chi connectivity index (χ0) is 17.9. The van der Waals surface area contributed by atoms with Crippen LogP contribution in [0.4, 0.5) is 5.13 Å². The van der Waals surface area contributed by atoms with Crippen LogP contribution in [0.1, 0.15) is 29.2 Å². The van der Waals surface area contributed by atoms with E-state index in [-0.39, 0.29) is 17.9 Å². The number of amides is 2. The maximum Gasteiger partial charge on any atom is 0.255 e. The molecule has 7 nitrogen and oxygen atoms in total. The molecule has 0 aliphatic carbocycles. The van der Waals surface area contributed by atoms with E-state index < -0.39 is 0 Å². The molecule has 0 spiro atoms. The highest BCUT2D eigenvalue weighted by Crippen LogP contribution is 2.29. The molecule has 2 amide bonds. The van der Waals surface area contributed by atoms with Crippen LogP contribution in [0.3, 0.4) is 0 Å². The van der Waals surface area contributed by atoms with Crippen molar-refractivity contribution in [2.75, 3.05) is 18.5 Å². The Labute approximate surface area is 154 Å². The summed E-state index contributed by atoms with van der Waals surface area (Å²) in [5, 5.41) is 3.42. The molecule has 0 saturated carbocycles. The number of hydrogen-bond donors (Lipinski definition) is 1. The predicted octanol–water partition coefficient (Wildman–Crippen LogP) is 2.45. The van der Waals surface area contributed by atoms with Gasteiger partial charge < -0.3 is 14.1 Å². The second kappa shape index (κ2) is 7.43. The molecule has 1 unspecified atom stereocenters. The number of hydrogen-bond acceptors (Lipinski definition) is 6. The van der Waals surface area contributed by atoms with Crippen LogP contribution < -0.4 is 5.32 Å². The van der Waals surface area contributed by atoms with Crippen molar-refractivity contribution < 1.29 is 18.7 Å². The first-order chi connectivity index (χ1) is 12.7. The number of nitrogens with zero attached hydrogens (tertiary/aromatic N) is 2. The predicted molar refractivity (Wildman–Crippen MR) is 96.6 cm³/mol. The lowest BCUT2D eigenvalue weighted by Gasteiger charge is -2.24. The Morgan fingerprint density at radius 1 is 1.42 bits per heavy atom. The van der Waals surface area contributed by atoms with Crippen molar-refractivity contribution >= 4 is 34.4 Å². The number of rotatable bonds is 4. The minimum Gasteiger partial charge on any atom is -0.465 e. The molecule has 1 fully saturated rings. The maximum atomic E-state index is 12.4. The third-order valence-corrected chi connectivity index (χ3v) is 5.43. The number of carbonyl (C=O) groups is 2. The lowest BCUT2D eigenvalue weighted by molar-refractivity contribution is -0.127. The van der Waals surface area contributed by atoms with Crippen LogP contribution in [-0.4, -0.2) is 41.0 Å².